The van der Waals surface area contributed by atoms with E-state index in [0.29, 0.717) is 13.1 Å². The summed E-state index contributed by atoms with van der Waals surface area (Å²) < 4.78 is 12.1. The van der Waals surface area contributed by atoms with E-state index >= 15 is 0 Å². The van der Waals surface area contributed by atoms with E-state index in [4.69, 9.17) is 14.6 Å². The van der Waals surface area contributed by atoms with Crippen LogP contribution >= 0.6 is 11.8 Å². The maximum Gasteiger partial charge on any atom is 0.410 e. The number of hydrogen-bond donors (Lipinski definition) is 1. The lowest BCUT2D eigenvalue weighted by molar-refractivity contribution is -0.0272. The van der Waals surface area contributed by atoms with Crippen LogP contribution in [0.1, 0.15) is 57.6 Å². The van der Waals surface area contributed by atoms with Crippen LogP contribution in [0.4, 0.5) is 4.79 Å². The molecule has 0 radical (unpaired) electrons. The number of benzene rings is 2. The van der Waals surface area contributed by atoms with Gasteiger partial charge in [0.15, 0.2) is 0 Å². The maximum atomic E-state index is 12.4. The number of piperidine rings is 1. The van der Waals surface area contributed by atoms with E-state index in [1.165, 1.54) is 22.3 Å². The molecular formula is C28H37NO4S. The van der Waals surface area contributed by atoms with E-state index in [9.17, 15) is 4.79 Å². The minimum absolute atomic E-state index is 0.178. The standard InChI is InChI=1S/C28H37NO4S/c1-27(2,3)33-26(31)29-15-13-28(14-16-29)12-11-24-19-23(9-10-25(24)32-28)22-7-5-21(6-8-22)20-34-18-4-17-30/h5-10,19,30H,4,11-18,20H2,1-3H3. The van der Waals surface area contributed by atoms with Crippen molar-refractivity contribution in [1.29, 1.82) is 0 Å². The molecule has 0 aliphatic carbocycles. The Morgan fingerprint density at radius 2 is 1.79 bits per heavy atom. The van der Waals surface area contributed by atoms with Gasteiger partial charge in [-0.1, -0.05) is 30.3 Å². The monoisotopic (exact) mass is 483 g/mol. The second-order valence-electron chi connectivity index (χ2n) is 10.4. The SMILES string of the molecule is CC(C)(C)OC(=O)N1CCC2(CCc3cc(-c4ccc(CSCCCO)cc4)ccc3O2)CC1. The van der Waals surface area contributed by atoms with Crippen molar-refractivity contribution in [1.82, 2.24) is 4.90 Å². The smallest absolute Gasteiger partial charge is 0.410 e. The molecule has 184 valence electrons. The summed E-state index contributed by atoms with van der Waals surface area (Å²) in [5, 5.41) is 8.91. The number of nitrogens with zero attached hydrogens (tertiary/aromatic N) is 1. The van der Waals surface area contributed by atoms with Gasteiger partial charge in [0, 0.05) is 38.3 Å². The predicted molar refractivity (Wildman–Crippen MR) is 138 cm³/mol. The molecule has 1 spiro atoms. The molecule has 2 aromatic carbocycles. The van der Waals surface area contributed by atoms with Crippen LogP contribution in [0.15, 0.2) is 42.5 Å². The fourth-order valence-electron chi connectivity index (χ4n) is 4.63. The molecule has 2 aliphatic heterocycles. The Morgan fingerprint density at radius 1 is 1.09 bits per heavy atom. The number of rotatable bonds is 6. The van der Waals surface area contributed by atoms with Gasteiger partial charge in [-0.25, -0.2) is 4.79 Å². The molecule has 34 heavy (non-hydrogen) atoms. The summed E-state index contributed by atoms with van der Waals surface area (Å²) in [7, 11) is 0. The lowest BCUT2D eigenvalue weighted by atomic mass is 9.82. The number of ether oxygens (including phenoxy) is 2. The molecule has 1 amide bonds. The second-order valence-corrected chi connectivity index (χ2v) is 11.5. The van der Waals surface area contributed by atoms with Crippen LogP contribution in [0, 0.1) is 0 Å². The molecule has 0 unspecified atom stereocenters. The first-order valence-corrected chi connectivity index (χ1v) is 13.5. The normalized spacial score (nSPS) is 17.2. The zero-order valence-corrected chi connectivity index (χ0v) is 21.5. The Balaban J connectivity index is 1.35. The summed E-state index contributed by atoms with van der Waals surface area (Å²) in [5.41, 5.74) is 4.37. The van der Waals surface area contributed by atoms with Gasteiger partial charge in [0.2, 0.25) is 0 Å². The van der Waals surface area contributed by atoms with Gasteiger partial charge < -0.3 is 19.5 Å². The van der Waals surface area contributed by atoms with Crippen molar-refractivity contribution >= 4 is 17.9 Å². The molecule has 4 rings (SSSR count). The Bertz CT molecular complexity index is 975. The summed E-state index contributed by atoms with van der Waals surface area (Å²) >= 11 is 1.86. The van der Waals surface area contributed by atoms with E-state index in [-0.39, 0.29) is 18.3 Å². The molecule has 0 aromatic heterocycles. The second kappa shape index (κ2) is 10.6. The Morgan fingerprint density at radius 3 is 2.47 bits per heavy atom. The molecule has 1 N–H and O–H groups in total. The van der Waals surface area contributed by atoms with E-state index < -0.39 is 5.60 Å². The van der Waals surface area contributed by atoms with E-state index in [0.717, 1.165) is 49.4 Å². The van der Waals surface area contributed by atoms with Gasteiger partial charge in [0.05, 0.1) is 0 Å². The van der Waals surface area contributed by atoms with Crippen LogP contribution < -0.4 is 4.74 Å². The van der Waals surface area contributed by atoms with Crippen molar-refractivity contribution in [3.8, 4) is 16.9 Å². The van der Waals surface area contributed by atoms with Gasteiger partial charge in [-0.2, -0.15) is 11.8 Å². The Kier molecular flexibility index (Phi) is 7.78. The van der Waals surface area contributed by atoms with Crippen molar-refractivity contribution in [2.24, 2.45) is 0 Å². The van der Waals surface area contributed by atoms with Gasteiger partial charge in [-0.05, 0) is 80.2 Å². The molecule has 1 fully saturated rings. The summed E-state index contributed by atoms with van der Waals surface area (Å²) in [5.74, 6) is 2.95. The molecule has 0 saturated carbocycles. The average Bonchev–Trinajstić information content (AvgIpc) is 2.81. The van der Waals surface area contributed by atoms with E-state index in [1.807, 2.05) is 37.4 Å². The lowest BCUT2D eigenvalue weighted by Crippen LogP contribution is -2.52. The minimum Gasteiger partial charge on any atom is -0.487 e. The topological polar surface area (TPSA) is 59.0 Å². The summed E-state index contributed by atoms with van der Waals surface area (Å²) in [6.45, 7) is 7.32. The zero-order valence-electron chi connectivity index (χ0n) is 20.6. The highest BCUT2D eigenvalue weighted by molar-refractivity contribution is 7.98. The number of carbonyl (C=O) groups excluding carboxylic acids is 1. The number of hydrogen-bond acceptors (Lipinski definition) is 5. The maximum absolute atomic E-state index is 12.4. The number of carbonyl (C=O) groups is 1. The highest BCUT2D eigenvalue weighted by Gasteiger charge is 2.41. The number of fused-ring (bicyclic) bond motifs is 1. The quantitative estimate of drug-likeness (QED) is 0.506. The van der Waals surface area contributed by atoms with Gasteiger partial charge >= 0.3 is 6.09 Å². The number of aliphatic hydroxyl groups excluding tert-OH is 1. The molecule has 2 aliphatic rings. The van der Waals surface area contributed by atoms with Crippen LogP contribution in [0.25, 0.3) is 11.1 Å². The zero-order chi connectivity index (χ0) is 24.2. The Hall–Kier alpha value is -2.18. The molecule has 0 atom stereocenters. The van der Waals surface area contributed by atoms with Gasteiger partial charge in [-0.3, -0.25) is 0 Å². The van der Waals surface area contributed by atoms with Crippen LogP contribution in [-0.4, -0.2) is 52.8 Å². The van der Waals surface area contributed by atoms with Crippen molar-refractivity contribution in [3.05, 3.63) is 53.6 Å². The van der Waals surface area contributed by atoms with E-state index in [1.54, 1.807) is 0 Å². The Labute approximate surface area is 207 Å². The third-order valence-electron chi connectivity index (χ3n) is 6.57. The van der Waals surface area contributed by atoms with Crippen molar-refractivity contribution in [2.45, 2.75) is 69.8 Å². The highest BCUT2D eigenvalue weighted by Crippen LogP contribution is 2.41. The van der Waals surface area contributed by atoms with Crippen molar-refractivity contribution < 1.29 is 19.4 Å². The molecule has 5 nitrogen and oxygen atoms in total. The van der Waals surface area contributed by atoms with Crippen LogP contribution in [0.2, 0.25) is 0 Å². The largest absolute Gasteiger partial charge is 0.487 e. The van der Waals surface area contributed by atoms with Crippen LogP contribution in [-0.2, 0) is 16.9 Å². The third kappa shape index (κ3) is 6.28. The first-order chi connectivity index (χ1) is 16.3. The number of thioether (sulfide) groups is 1. The number of aryl methyl sites for hydroxylation is 1. The first kappa shape index (κ1) is 24.9. The summed E-state index contributed by atoms with van der Waals surface area (Å²) in [6.07, 6.45) is 4.28. The van der Waals surface area contributed by atoms with Gasteiger partial charge in [-0.15, -0.1) is 0 Å². The van der Waals surface area contributed by atoms with Crippen molar-refractivity contribution in [2.75, 3.05) is 25.4 Å². The molecular weight excluding hydrogens is 446 g/mol. The number of likely N-dealkylation sites (tertiary alicyclic amines) is 1. The summed E-state index contributed by atoms with van der Waals surface area (Å²) in [4.78, 5) is 14.2. The fraction of sp³-hybridized carbons (Fsp3) is 0.536. The van der Waals surface area contributed by atoms with Crippen LogP contribution in [0.5, 0.6) is 5.75 Å². The van der Waals surface area contributed by atoms with E-state index in [2.05, 4.69) is 42.5 Å². The van der Waals surface area contributed by atoms with Gasteiger partial charge in [0.25, 0.3) is 0 Å². The average molecular weight is 484 g/mol. The molecule has 0 bridgehead atoms. The fourth-order valence-corrected chi connectivity index (χ4v) is 5.53. The molecule has 6 heteroatoms. The third-order valence-corrected chi connectivity index (χ3v) is 7.68. The number of amides is 1. The number of aliphatic hydroxyl groups is 1. The predicted octanol–water partition coefficient (Wildman–Crippen LogP) is 6.06. The minimum atomic E-state index is -0.468. The summed E-state index contributed by atoms with van der Waals surface area (Å²) in [6, 6.07) is 15.3. The van der Waals surface area contributed by atoms with Gasteiger partial charge in [0.1, 0.15) is 17.0 Å². The lowest BCUT2D eigenvalue weighted by Gasteiger charge is -2.44. The first-order valence-electron chi connectivity index (χ1n) is 12.3. The molecule has 2 heterocycles. The highest BCUT2D eigenvalue weighted by atomic mass is 32.2. The van der Waals surface area contributed by atoms with Crippen molar-refractivity contribution in [3.63, 3.8) is 0 Å². The van der Waals surface area contributed by atoms with Crippen LogP contribution in [0.3, 0.4) is 0 Å². The molecule has 2 aromatic rings. The molecule has 1 saturated heterocycles.